The van der Waals surface area contributed by atoms with Crippen molar-refractivity contribution in [3.05, 3.63) is 71.8 Å². The second-order valence-electron chi connectivity index (χ2n) is 4.39. The average Bonchev–Trinajstić information content (AvgIpc) is 2.92. The molecule has 0 unspecified atom stereocenters. The first kappa shape index (κ1) is 15.2. The molecule has 1 heterocycles. The number of amides is 1. The van der Waals surface area contributed by atoms with E-state index >= 15 is 0 Å². The van der Waals surface area contributed by atoms with Gasteiger partial charge in [0.1, 0.15) is 6.21 Å². The van der Waals surface area contributed by atoms with Crippen LogP contribution in [0.4, 0.5) is 4.79 Å². The summed E-state index contributed by atoms with van der Waals surface area (Å²) in [6.45, 7) is 0. The van der Waals surface area contributed by atoms with E-state index in [1.807, 2.05) is 60.7 Å². The second kappa shape index (κ2) is 6.53. The standard InChI is InChI=1S/C15H11NO2.CH3NO2/c17-14-11-16-15(18-14,12-7-3-1-4-8-12)13-9-5-2-6-10-13;2-1(3)4/h1-11H;2H2,(H,3,4). The zero-order chi connectivity index (χ0) is 16.0. The normalized spacial score (nSPS) is 14.6. The highest BCUT2D eigenvalue weighted by atomic mass is 16.6. The van der Waals surface area contributed by atoms with E-state index in [1.54, 1.807) is 0 Å². The van der Waals surface area contributed by atoms with Gasteiger partial charge < -0.3 is 15.6 Å². The molecule has 0 spiro atoms. The van der Waals surface area contributed by atoms with Gasteiger partial charge >= 0.3 is 12.1 Å². The number of hydrogen-bond acceptors (Lipinski definition) is 4. The molecule has 6 heteroatoms. The van der Waals surface area contributed by atoms with Crippen LogP contribution < -0.4 is 5.73 Å². The number of ether oxygens (including phenoxy) is 1. The van der Waals surface area contributed by atoms with Crippen molar-refractivity contribution < 1.29 is 19.4 Å². The van der Waals surface area contributed by atoms with E-state index in [1.165, 1.54) is 6.21 Å². The summed E-state index contributed by atoms with van der Waals surface area (Å²) in [5.41, 5.74) is 4.69. The Morgan fingerprint density at radius 1 is 1.00 bits per heavy atom. The van der Waals surface area contributed by atoms with Gasteiger partial charge in [0, 0.05) is 11.1 Å². The van der Waals surface area contributed by atoms with Crippen LogP contribution in [-0.4, -0.2) is 23.4 Å². The number of cyclic esters (lactones) is 1. The number of aliphatic imine (C=N–C) groups is 1. The lowest BCUT2D eigenvalue weighted by molar-refractivity contribution is -0.143. The molecule has 2 aromatic rings. The summed E-state index contributed by atoms with van der Waals surface area (Å²) < 4.78 is 5.46. The molecule has 0 aliphatic carbocycles. The maximum absolute atomic E-state index is 11.4. The lowest BCUT2D eigenvalue weighted by Gasteiger charge is -2.25. The van der Waals surface area contributed by atoms with E-state index in [2.05, 4.69) is 10.7 Å². The fraction of sp³-hybridized carbons (Fsp3) is 0.0625. The van der Waals surface area contributed by atoms with Gasteiger partial charge in [0.15, 0.2) is 0 Å². The van der Waals surface area contributed by atoms with Gasteiger partial charge in [0.05, 0.1) is 0 Å². The fourth-order valence-corrected chi connectivity index (χ4v) is 2.10. The van der Waals surface area contributed by atoms with Gasteiger partial charge in [-0.2, -0.15) is 0 Å². The monoisotopic (exact) mass is 298 g/mol. The van der Waals surface area contributed by atoms with Crippen LogP contribution in [0.1, 0.15) is 11.1 Å². The van der Waals surface area contributed by atoms with Gasteiger partial charge in [-0.05, 0) is 0 Å². The van der Waals surface area contributed by atoms with E-state index < -0.39 is 17.8 Å². The largest absolute Gasteiger partial charge is 0.465 e. The van der Waals surface area contributed by atoms with Crippen LogP contribution in [0.3, 0.4) is 0 Å². The molecule has 112 valence electrons. The Morgan fingerprint density at radius 3 is 1.73 bits per heavy atom. The number of carbonyl (C=O) groups is 2. The fourth-order valence-electron chi connectivity index (χ4n) is 2.10. The van der Waals surface area contributed by atoms with Crippen LogP contribution in [0, 0.1) is 0 Å². The summed E-state index contributed by atoms with van der Waals surface area (Å²) in [7, 11) is 0. The molecule has 2 aromatic carbocycles. The van der Waals surface area contributed by atoms with Crippen LogP contribution >= 0.6 is 0 Å². The van der Waals surface area contributed by atoms with Gasteiger partial charge in [0.25, 0.3) is 5.72 Å². The third-order valence-electron chi connectivity index (χ3n) is 2.93. The number of nitrogens with two attached hydrogens (primary N) is 1. The zero-order valence-electron chi connectivity index (χ0n) is 11.5. The molecule has 0 bridgehead atoms. The molecule has 0 fully saturated rings. The van der Waals surface area contributed by atoms with Crippen LogP contribution in [0.2, 0.25) is 0 Å². The van der Waals surface area contributed by atoms with Gasteiger partial charge in [0.2, 0.25) is 0 Å². The number of rotatable bonds is 2. The highest BCUT2D eigenvalue weighted by molar-refractivity contribution is 6.24. The van der Waals surface area contributed by atoms with Crippen molar-refractivity contribution in [2.45, 2.75) is 5.72 Å². The van der Waals surface area contributed by atoms with Crippen molar-refractivity contribution in [1.82, 2.24) is 0 Å². The molecule has 1 aliphatic rings. The van der Waals surface area contributed by atoms with Crippen molar-refractivity contribution in [1.29, 1.82) is 0 Å². The first-order valence-corrected chi connectivity index (χ1v) is 6.42. The molecule has 0 aromatic heterocycles. The Kier molecular flexibility index (Phi) is 4.53. The van der Waals surface area contributed by atoms with E-state index in [4.69, 9.17) is 14.6 Å². The van der Waals surface area contributed by atoms with Crippen LogP contribution in [0.5, 0.6) is 0 Å². The summed E-state index contributed by atoms with van der Waals surface area (Å²) in [6.07, 6.45) is -0.0972. The van der Waals surface area contributed by atoms with Crippen LogP contribution in [-0.2, 0) is 15.3 Å². The van der Waals surface area contributed by atoms with E-state index in [0.29, 0.717) is 0 Å². The first-order valence-electron chi connectivity index (χ1n) is 6.42. The van der Waals surface area contributed by atoms with Gasteiger partial charge in [-0.1, -0.05) is 60.7 Å². The highest BCUT2D eigenvalue weighted by Gasteiger charge is 2.41. The molecule has 22 heavy (non-hydrogen) atoms. The second-order valence-corrected chi connectivity index (χ2v) is 4.39. The molecular formula is C16H14N2O4. The zero-order valence-corrected chi connectivity index (χ0v) is 11.5. The first-order chi connectivity index (χ1) is 10.5. The van der Waals surface area contributed by atoms with E-state index in [-0.39, 0.29) is 0 Å². The number of nitrogens with zero attached hydrogens (tertiary/aromatic N) is 1. The molecule has 0 atom stereocenters. The molecule has 1 aliphatic heterocycles. The maximum atomic E-state index is 11.4. The van der Waals surface area contributed by atoms with Gasteiger partial charge in [-0.3, -0.25) is 0 Å². The minimum absolute atomic E-state index is 0.414. The van der Waals surface area contributed by atoms with E-state index in [0.717, 1.165) is 11.1 Å². The number of hydrogen-bond donors (Lipinski definition) is 2. The Balaban J connectivity index is 0.000000396. The lowest BCUT2D eigenvalue weighted by atomic mass is 9.95. The third-order valence-corrected chi connectivity index (χ3v) is 2.93. The van der Waals surface area contributed by atoms with Crippen LogP contribution in [0.25, 0.3) is 0 Å². The quantitative estimate of drug-likeness (QED) is 0.829. The topological polar surface area (TPSA) is 102 Å². The molecular weight excluding hydrogens is 284 g/mol. The number of esters is 1. The van der Waals surface area contributed by atoms with Crippen molar-refractivity contribution >= 4 is 18.3 Å². The summed E-state index contributed by atoms with van der Waals surface area (Å²) in [4.78, 5) is 24.5. The van der Waals surface area contributed by atoms with Crippen LogP contribution in [0.15, 0.2) is 65.7 Å². The highest BCUT2D eigenvalue weighted by Crippen LogP contribution is 2.37. The molecule has 3 rings (SSSR count). The predicted molar refractivity (Wildman–Crippen MR) is 80.5 cm³/mol. The Hall–Kier alpha value is -3.15. The number of primary amides is 1. The summed E-state index contributed by atoms with van der Waals surface area (Å²) in [5, 5.41) is 7.19. The van der Waals surface area contributed by atoms with Gasteiger partial charge in [-0.15, -0.1) is 0 Å². The van der Waals surface area contributed by atoms with Crippen molar-refractivity contribution in [2.75, 3.05) is 0 Å². The summed E-state index contributed by atoms with van der Waals surface area (Å²) in [6, 6.07) is 19.1. The van der Waals surface area contributed by atoms with Gasteiger partial charge in [-0.25, -0.2) is 14.6 Å². The molecule has 6 nitrogen and oxygen atoms in total. The SMILES string of the molecule is NC(=O)O.O=C1C=NC(c2ccccc2)(c2ccccc2)O1. The number of carbonyl (C=O) groups excluding carboxylic acids is 1. The minimum Gasteiger partial charge on any atom is -0.465 e. The maximum Gasteiger partial charge on any atom is 0.402 e. The summed E-state index contributed by atoms with van der Waals surface area (Å²) >= 11 is 0. The lowest BCUT2D eigenvalue weighted by Crippen LogP contribution is -2.26. The molecule has 1 amide bonds. The Labute approximate surface area is 126 Å². The Morgan fingerprint density at radius 2 is 1.41 bits per heavy atom. The number of benzene rings is 2. The minimum atomic E-state index is -1.33. The predicted octanol–water partition coefficient (Wildman–Crippen LogP) is 2.14. The van der Waals surface area contributed by atoms with Crippen molar-refractivity contribution in [3.63, 3.8) is 0 Å². The third kappa shape index (κ3) is 3.29. The molecule has 0 radical (unpaired) electrons. The smallest absolute Gasteiger partial charge is 0.402 e. The molecule has 0 saturated carbocycles. The molecule has 3 N–H and O–H groups in total. The number of carboxylic acid groups (broad SMARTS) is 1. The van der Waals surface area contributed by atoms with E-state index in [9.17, 15) is 4.79 Å². The molecule has 0 saturated heterocycles. The Bertz CT molecular complexity index is 640. The average molecular weight is 298 g/mol. The van der Waals surface area contributed by atoms with Crippen molar-refractivity contribution in [3.8, 4) is 0 Å². The summed E-state index contributed by atoms with van der Waals surface area (Å²) in [5.74, 6) is -0.414. The van der Waals surface area contributed by atoms with Crippen molar-refractivity contribution in [2.24, 2.45) is 10.7 Å².